The van der Waals surface area contributed by atoms with E-state index in [0.717, 1.165) is 37.9 Å². The Bertz CT molecular complexity index is 543. The maximum absolute atomic E-state index is 12.4. The van der Waals surface area contributed by atoms with E-state index in [4.69, 9.17) is 0 Å². The molecule has 2 rings (SSSR count). The van der Waals surface area contributed by atoms with Crippen molar-refractivity contribution in [3.63, 3.8) is 0 Å². The summed E-state index contributed by atoms with van der Waals surface area (Å²) in [7, 11) is -3.40. The van der Waals surface area contributed by atoms with E-state index in [0.29, 0.717) is 10.1 Å². The lowest BCUT2D eigenvalue weighted by molar-refractivity contribution is 0.552. The summed E-state index contributed by atoms with van der Waals surface area (Å²) in [6, 6.07) is 7.06. The minimum Gasteiger partial charge on any atom is -0.385 e. The molecule has 2 atom stereocenters. The molecule has 1 aromatic carbocycles. The van der Waals surface area contributed by atoms with E-state index in [-0.39, 0.29) is 6.04 Å². The van der Waals surface area contributed by atoms with E-state index in [9.17, 15) is 8.42 Å². The van der Waals surface area contributed by atoms with Gasteiger partial charge in [-0.2, -0.15) is 11.8 Å². The molecule has 1 fully saturated rings. The molecule has 6 heteroatoms. The molecule has 2 unspecified atom stereocenters. The Morgan fingerprint density at radius 3 is 2.52 bits per heavy atom. The van der Waals surface area contributed by atoms with Crippen LogP contribution in [0.15, 0.2) is 29.2 Å². The molecule has 118 valence electrons. The van der Waals surface area contributed by atoms with E-state index < -0.39 is 10.0 Å². The molecular formula is C15H24N2O2S2. The smallest absolute Gasteiger partial charge is 0.240 e. The highest BCUT2D eigenvalue weighted by Gasteiger charge is 2.28. The van der Waals surface area contributed by atoms with Gasteiger partial charge in [0.2, 0.25) is 10.0 Å². The summed E-state index contributed by atoms with van der Waals surface area (Å²) in [4.78, 5) is 0.345. The highest BCUT2D eigenvalue weighted by Crippen LogP contribution is 2.29. The van der Waals surface area contributed by atoms with E-state index >= 15 is 0 Å². The number of benzene rings is 1. The van der Waals surface area contributed by atoms with Gasteiger partial charge in [0.1, 0.15) is 0 Å². The number of sulfonamides is 1. The van der Waals surface area contributed by atoms with E-state index in [1.807, 2.05) is 23.9 Å². The summed E-state index contributed by atoms with van der Waals surface area (Å²) in [5.74, 6) is 0. The largest absolute Gasteiger partial charge is 0.385 e. The number of hydrogen-bond acceptors (Lipinski definition) is 4. The van der Waals surface area contributed by atoms with Crippen molar-refractivity contribution in [1.29, 1.82) is 0 Å². The van der Waals surface area contributed by atoms with Crippen molar-refractivity contribution in [2.75, 3.05) is 18.1 Å². The third kappa shape index (κ3) is 4.63. The molecule has 2 N–H and O–H groups in total. The van der Waals surface area contributed by atoms with Crippen LogP contribution in [0.1, 0.15) is 32.6 Å². The molecular weight excluding hydrogens is 304 g/mol. The zero-order valence-electron chi connectivity index (χ0n) is 12.6. The predicted molar refractivity (Wildman–Crippen MR) is 90.5 cm³/mol. The van der Waals surface area contributed by atoms with Crippen molar-refractivity contribution < 1.29 is 8.42 Å². The van der Waals surface area contributed by atoms with Crippen molar-refractivity contribution in [2.45, 2.75) is 48.8 Å². The average molecular weight is 329 g/mol. The standard InChI is InChI=1S/C15H24N2O2S2/c1-3-10-16-12-5-8-15(9-6-12)21(18,19)17-13-4-7-14(11-13)20-2/h5-6,8-9,13-14,16-17H,3-4,7,10-11H2,1-2H3. The summed E-state index contributed by atoms with van der Waals surface area (Å²) in [6.45, 7) is 2.99. The van der Waals surface area contributed by atoms with Crippen LogP contribution in [0.2, 0.25) is 0 Å². The van der Waals surface area contributed by atoms with Gasteiger partial charge in [0, 0.05) is 23.5 Å². The van der Waals surface area contributed by atoms with Gasteiger partial charge >= 0.3 is 0 Å². The Labute approximate surface area is 132 Å². The topological polar surface area (TPSA) is 58.2 Å². The quantitative estimate of drug-likeness (QED) is 0.807. The van der Waals surface area contributed by atoms with Crippen molar-refractivity contribution >= 4 is 27.5 Å². The zero-order valence-corrected chi connectivity index (χ0v) is 14.3. The van der Waals surface area contributed by atoms with Gasteiger partial charge in [0.15, 0.2) is 0 Å². The lowest BCUT2D eigenvalue weighted by Crippen LogP contribution is -2.33. The van der Waals surface area contributed by atoms with Crippen LogP contribution in [0.4, 0.5) is 5.69 Å². The van der Waals surface area contributed by atoms with Gasteiger partial charge in [-0.15, -0.1) is 0 Å². The fourth-order valence-electron chi connectivity index (χ4n) is 2.57. The molecule has 0 bridgehead atoms. The van der Waals surface area contributed by atoms with Gasteiger partial charge < -0.3 is 5.32 Å². The van der Waals surface area contributed by atoms with Crippen molar-refractivity contribution in [3.05, 3.63) is 24.3 Å². The molecule has 0 spiro atoms. The Morgan fingerprint density at radius 2 is 1.95 bits per heavy atom. The normalized spacial score (nSPS) is 22.4. The molecule has 1 aliphatic carbocycles. The third-order valence-electron chi connectivity index (χ3n) is 3.78. The van der Waals surface area contributed by atoms with Gasteiger partial charge in [0.25, 0.3) is 0 Å². The van der Waals surface area contributed by atoms with Crippen LogP contribution in [-0.4, -0.2) is 32.5 Å². The second-order valence-corrected chi connectivity index (χ2v) is 8.29. The van der Waals surface area contributed by atoms with E-state index in [1.165, 1.54) is 0 Å². The lowest BCUT2D eigenvalue weighted by atomic mass is 10.3. The lowest BCUT2D eigenvalue weighted by Gasteiger charge is -2.14. The first-order valence-corrected chi connectivity index (χ1v) is 10.2. The van der Waals surface area contributed by atoms with Crippen molar-refractivity contribution in [1.82, 2.24) is 4.72 Å². The Kier molecular flexibility index (Phi) is 5.96. The molecule has 0 radical (unpaired) electrons. The van der Waals surface area contributed by atoms with Crippen LogP contribution in [0.5, 0.6) is 0 Å². The van der Waals surface area contributed by atoms with Crippen LogP contribution in [-0.2, 0) is 10.0 Å². The average Bonchev–Trinajstić information content (AvgIpc) is 2.92. The second kappa shape index (κ2) is 7.51. The predicted octanol–water partition coefficient (Wildman–Crippen LogP) is 3.07. The third-order valence-corrected chi connectivity index (χ3v) is 6.41. The minimum atomic E-state index is -3.40. The number of thioether (sulfide) groups is 1. The SMILES string of the molecule is CCCNc1ccc(S(=O)(=O)NC2CCC(SC)C2)cc1. The van der Waals surface area contributed by atoms with Crippen LogP contribution in [0.25, 0.3) is 0 Å². The van der Waals surface area contributed by atoms with Crippen LogP contribution in [0.3, 0.4) is 0 Å². The van der Waals surface area contributed by atoms with Gasteiger partial charge in [-0.1, -0.05) is 6.92 Å². The number of nitrogens with one attached hydrogen (secondary N) is 2. The fourth-order valence-corrected chi connectivity index (χ4v) is 4.65. The summed E-state index contributed by atoms with van der Waals surface area (Å²) < 4.78 is 27.6. The monoisotopic (exact) mass is 328 g/mol. The summed E-state index contributed by atoms with van der Waals surface area (Å²) in [5, 5.41) is 3.82. The molecule has 1 saturated carbocycles. The molecule has 0 amide bonds. The number of anilines is 1. The first-order chi connectivity index (χ1) is 10.0. The van der Waals surface area contributed by atoms with Crippen molar-refractivity contribution in [2.24, 2.45) is 0 Å². The number of rotatable bonds is 7. The van der Waals surface area contributed by atoms with Gasteiger partial charge in [-0.25, -0.2) is 13.1 Å². The Hall–Kier alpha value is -0.720. The Morgan fingerprint density at radius 1 is 1.24 bits per heavy atom. The van der Waals surface area contributed by atoms with E-state index in [1.54, 1.807) is 12.1 Å². The molecule has 21 heavy (non-hydrogen) atoms. The maximum atomic E-state index is 12.4. The molecule has 0 aliphatic heterocycles. The molecule has 0 aromatic heterocycles. The van der Waals surface area contributed by atoms with Crippen LogP contribution >= 0.6 is 11.8 Å². The fraction of sp³-hybridized carbons (Fsp3) is 0.600. The van der Waals surface area contributed by atoms with E-state index in [2.05, 4.69) is 23.2 Å². The van der Waals surface area contributed by atoms with Gasteiger partial charge in [0.05, 0.1) is 4.90 Å². The zero-order chi connectivity index (χ0) is 15.3. The number of hydrogen-bond donors (Lipinski definition) is 2. The van der Waals surface area contributed by atoms with Gasteiger partial charge in [-0.05, 0) is 56.2 Å². The van der Waals surface area contributed by atoms with Crippen LogP contribution < -0.4 is 10.0 Å². The first-order valence-electron chi connectivity index (χ1n) is 7.44. The molecule has 4 nitrogen and oxygen atoms in total. The molecule has 0 heterocycles. The Balaban J connectivity index is 1.99. The summed E-state index contributed by atoms with van der Waals surface area (Å²) >= 11 is 1.82. The summed E-state index contributed by atoms with van der Waals surface area (Å²) in [6.07, 6.45) is 6.08. The van der Waals surface area contributed by atoms with Crippen LogP contribution in [0, 0.1) is 0 Å². The molecule has 1 aliphatic rings. The second-order valence-electron chi connectivity index (χ2n) is 5.44. The maximum Gasteiger partial charge on any atom is 0.240 e. The molecule has 1 aromatic rings. The first kappa shape index (κ1) is 16.6. The highest BCUT2D eigenvalue weighted by atomic mass is 32.2. The summed E-state index contributed by atoms with van der Waals surface area (Å²) in [5.41, 5.74) is 0.958. The van der Waals surface area contributed by atoms with Crippen molar-refractivity contribution in [3.8, 4) is 0 Å². The molecule has 0 saturated heterocycles. The van der Waals surface area contributed by atoms with Gasteiger partial charge in [-0.3, -0.25) is 0 Å². The highest BCUT2D eigenvalue weighted by molar-refractivity contribution is 7.99. The minimum absolute atomic E-state index is 0.0744.